The molecule has 0 bridgehead atoms. The summed E-state index contributed by atoms with van der Waals surface area (Å²) in [4.78, 5) is 16.5. The highest BCUT2D eigenvalue weighted by atomic mass is 35.5. The standard InChI is InChI=1S/C11H12ClN5O/c12-11-16-9-8(13-3-4-14-9)10(17-11)15-6-7-2-1-5-18-7/h3-4,7H,1-2,5-6H2,(H,14,15,16,17). The fourth-order valence-electron chi connectivity index (χ4n) is 1.98. The molecule has 94 valence electrons. The lowest BCUT2D eigenvalue weighted by atomic mass is 10.2. The molecule has 0 aromatic carbocycles. The maximum atomic E-state index is 5.86. The zero-order valence-corrected chi connectivity index (χ0v) is 10.4. The Kier molecular flexibility index (Phi) is 3.21. The molecule has 1 atom stereocenters. The van der Waals surface area contributed by atoms with Gasteiger partial charge in [0, 0.05) is 25.5 Å². The van der Waals surface area contributed by atoms with Crippen LogP contribution in [-0.2, 0) is 4.74 Å². The van der Waals surface area contributed by atoms with E-state index in [1.54, 1.807) is 12.4 Å². The highest BCUT2D eigenvalue weighted by Gasteiger charge is 2.16. The van der Waals surface area contributed by atoms with Gasteiger partial charge < -0.3 is 10.1 Å². The number of fused-ring (bicyclic) bond motifs is 1. The number of nitrogens with zero attached hydrogens (tertiary/aromatic N) is 4. The molecule has 2 aromatic rings. The Labute approximate surface area is 109 Å². The molecule has 0 radical (unpaired) electrons. The topological polar surface area (TPSA) is 72.8 Å². The van der Waals surface area contributed by atoms with Crippen LogP contribution < -0.4 is 5.32 Å². The molecule has 0 aliphatic carbocycles. The smallest absolute Gasteiger partial charge is 0.226 e. The van der Waals surface area contributed by atoms with Crippen molar-refractivity contribution in [1.82, 2.24) is 19.9 Å². The van der Waals surface area contributed by atoms with Crippen LogP contribution in [0.2, 0.25) is 5.28 Å². The zero-order valence-electron chi connectivity index (χ0n) is 9.64. The number of aromatic nitrogens is 4. The highest BCUT2D eigenvalue weighted by Crippen LogP contribution is 2.19. The van der Waals surface area contributed by atoms with Crippen LogP contribution in [0.3, 0.4) is 0 Å². The third-order valence-electron chi connectivity index (χ3n) is 2.83. The van der Waals surface area contributed by atoms with Crippen LogP contribution in [0.25, 0.3) is 11.2 Å². The van der Waals surface area contributed by atoms with E-state index in [1.165, 1.54) is 0 Å². The number of nitrogens with one attached hydrogen (secondary N) is 1. The van der Waals surface area contributed by atoms with Crippen LogP contribution in [0, 0.1) is 0 Å². The van der Waals surface area contributed by atoms with E-state index in [9.17, 15) is 0 Å². The van der Waals surface area contributed by atoms with Crippen LogP contribution in [0.15, 0.2) is 12.4 Å². The molecule has 3 heterocycles. The van der Waals surface area contributed by atoms with Gasteiger partial charge in [-0.25, -0.2) is 9.97 Å². The van der Waals surface area contributed by atoms with Gasteiger partial charge in [-0.1, -0.05) is 0 Å². The van der Waals surface area contributed by atoms with E-state index in [0.717, 1.165) is 19.4 Å². The van der Waals surface area contributed by atoms with Crippen LogP contribution in [-0.4, -0.2) is 39.2 Å². The summed E-state index contributed by atoms with van der Waals surface area (Å²) in [5.74, 6) is 0.605. The molecular formula is C11H12ClN5O. The summed E-state index contributed by atoms with van der Waals surface area (Å²) >= 11 is 5.86. The second-order valence-corrected chi connectivity index (χ2v) is 4.42. The van der Waals surface area contributed by atoms with Gasteiger partial charge in [0.1, 0.15) is 0 Å². The van der Waals surface area contributed by atoms with E-state index in [0.29, 0.717) is 23.5 Å². The predicted octanol–water partition coefficient (Wildman–Crippen LogP) is 1.66. The summed E-state index contributed by atoms with van der Waals surface area (Å²) in [7, 11) is 0. The first-order chi connectivity index (χ1) is 8.83. The van der Waals surface area contributed by atoms with Crippen LogP contribution >= 0.6 is 11.6 Å². The van der Waals surface area contributed by atoms with E-state index in [-0.39, 0.29) is 11.4 Å². The average Bonchev–Trinajstić information content (AvgIpc) is 2.89. The Hall–Kier alpha value is -1.53. The Morgan fingerprint density at radius 1 is 1.33 bits per heavy atom. The minimum absolute atomic E-state index is 0.165. The summed E-state index contributed by atoms with van der Waals surface area (Å²) < 4.78 is 5.54. The predicted molar refractivity (Wildman–Crippen MR) is 67.6 cm³/mol. The molecule has 18 heavy (non-hydrogen) atoms. The van der Waals surface area contributed by atoms with E-state index in [4.69, 9.17) is 16.3 Å². The largest absolute Gasteiger partial charge is 0.376 e. The number of hydrogen-bond donors (Lipinski definition) is 1. The molecule has 6 nitrogen and oxygen atoms in total. The van der Waals surface area contributed by atoms with Crippen molar-refractivity contribution in [3.63, 3.8) is 0 Å². The minimum Gasteiger partial charge on any atom is -0.376 e. The van der Waals surface area contributed by atoms with Crippen molar-refractivity contribution >= 4 is 28.6 Å². The first kappa shape index (κ1) is 11.6. The van der Waals surface area contributed by atoms with Gasteiger partial charge in [0.05, 0.1) is 6.10 Å². The molecule has 1 aliphatic heterocycles. The minimum atomic E-state index is 0.165. The molecule has 7 heteroatoms. The lowest BCUT2D eigenvalue weighted by Gasteiger charge is -2.12. The van der Waals surface area contributed by atoms with Gasteiger partial charge in [0.2, 0.25) is 5.28 Å². The third kappa shape index (κ3) is 2.34. The van der Waals surface area contributed by atoms with E-state index < -0.39 is 0 Å². The van der Waals surface area contributed by atoms with E-state index in [2.05, 4.69) is 25.3 Å². The summed E-state index contributed by atoms with van der Waals surface area (Å²) in [6, 6.07) is 0. The van der Waals surface area contributed by atoms with Crippen molar-refractivity contribution in [2.75, 3.05) is 18.5 Å². The van der Waals surface area contributed by atoms with Crippen LogP contribution in [0.1, 0.15) is 12.8 Å². The summed E-state index contributed by atoms with van der Waals surface area (Å²) in [6.07, 6.45) is 5.59. The summed E-state index contributed by atoms with van der Waals surface area (Å²) in [6.45, 7) is 1.52. The Bertz CT molecular complexity index is 558. The lowest BCUT2D eigenvalue weighted by molar-refractivity contribution is 0.120. The van der Waals surface area contributed by atoms with Crippen molar-refractivity contribution in [1.29, 1.82) is 0 Å². The van der Waals surface area contributed by atoms with Crippen molar-refractivity contribution in [3.05, 3.63) is 17.7 Å². The lowest BCUT2D eigenvalue weighted by Crippen LogP contribution is -2.19. The van der Waals surface area contributed by atoms with Gasteiger partial charge in [0.15, 0.2) is 17.0 Å². The molecule has 0 saturated carbocycles. The first-order valence-electron chi connectivity index (χ1n) is 5.82. The number of rotatable bonds is 3. The van der Waals surface area contributed by atoms with Gasteiger partial charge in [-0.05, 0) is 24.4 Å². The fourth-order valence-corrected chi connectivity index (χ4v) is 2.14. The maximum absolute atomic E-state index is 5.86. The molecule has 0 amide bonds. The number of ether oxygens (including phenoxy) is 1. The van der Waals surface area contributed by atoms with Gasteiger partial charge in [-0.3, -0.25) is 0 Å². The van der Waals surface area contributed by atoms with Gasteiger partial charge >= 0.3 is 0 Å². The van der Waals surface area contributed by atoms with Gasteiger partial charge in [0.25, 0.3) is 0 Å². The van der Waals surface area contributed by atoms with E-state index >= 15 is 0 Å². The van der Waals surface area contributed by atoms with Crippen LogP contribution in [0.4, 0.5) is 5.82 Å². The second kappa shape index (κ2) is 4.99. The first-order valence-corrected chi connectivity index (χ1v) is 6.20. The molecule has 1 saturated heterocycles. The quantitative estimate of drug-likeness (QED) is 0.851. The molecule has 3 rings (SSSR count). The van der Waals surface area contributed by atoms with Crippen molar-refractivity contribution in [2.45, 2.75) is 18.9 Å². The number of hydrogen-bond acceptors (Lipinski definition) is 6. The van der Waals surface area contributed by atoms with E-state index in [1.807, 2.05) is 0 Å². The SMILES string of the molecule is Clc1nc(NCC2CCCO2)c2nccnc2n1. The molecule has 1 fully saturated rings. The Morgan fingerprint density at radius 2 is 2.22 bits per heavy atom. The highest BCUT2D eigenvalue weighted by molar-refractivity contribution is 6.28. The molecular weight excluding hydrogens is 254 g/mol. The number of halogens is 1. The van der Waals surface area contributed by atoms with Gasteiger partial charge in [-0.2, -0.15) is 9.97 Å². The molecule has 2 aromatic heterocycles. The third-order valence-corrected chi connectivity index (χ3v) is 3.00. The normalized spacial score (nSPS) is 19.3. The molecule has 1 aliphatic rings. The Morgan fingerprint density at radius 3 is 3.06 bits per heavy atom. The summed E-state index contributed by atoms with van der Waals surface area (Å²) in [5, 5.41) is 3.37. The van der Waals surface area contributed by atoms with Crippen LogP contribution in [0.5, 0.6) is 0 Å². The van der Waals surface area contributed by atoms with Crippen molar-refractivity contribution in [3.8, 4) is 0 Å². The monoisotopic (exact) mass is 265 g/mol. The maximum Gasteiger partial charge on any atom is 0.226 e. The Balaban J connectivity index is 1.85. The zero-order chi connectivity index (χ0) is 12.4. The average molecular weight is 266 g/mol. The molecule has 1 N–H and O–H groups in total. The van der Waals surface area contributed by atoms with Gasteiger partial charge in [-0.15, -0.1) is 0 Å². The van der Waals surface area contributed by atoms with Crippen molar-refractivity contribution in [2.24, 2.45) is 0 Å². The number of anilines is 1. The molecule has 0 spiro atoms. The second-order valence-electron chi connectivity index (χ2n) is 4.09. The van der Waals surface area contributed by atoms with Crippen molar-refractivity contribution < 1.29 is 4.74 Å². The fraction of sp³-hybridized carbons (Fsp3) is 0.455. The molecule has 1 unspecified atom stereocenters. The summed E-state index contributed by atoms with van der Waals surface area (Å²) in [5.41, 5.74) is 1.12.